The van der Waals surface area contributed by atoms with Crippen molar-refractivity contribution in [1.29, 1.82) is 0 Å². The van der Waals surface area contributed by atoms with Gasteiger partial charge in [-0.3, -0.25) is 0 Å². The molecular formula is C16H19N3O. The Morgan fingerprint density at radius 3 is 3.10 bits per heavy atom. The maximum atomic E-state index is 6.18. The third-order valence-corrected chi connectivity index (χ3v) is 4.59. The number of rotatable bonds is 2. The van der Waals surface area contributed by atoms with Gasteiger partial charge in [-0.15, -0.1) is 5.10 Å². The summed E-state index contributed by atoms with van der Waals surface area (Å²) in [6, 6.07) is 8.87. The summed E-state index contributed by atoms with van der Waals surface area (Å²) in [5.41, 5.74) is 0. The van der Waals surface area contributed by atoms with Gasteiger partial charge in [0.25, 0.3) is 0 Å². The fraction of sp³-hybridized carbons (Fsp3) is 0.500. The number of piperidine rings is 1. The second-order valence-electron chi connectivity index (χ2n) is 5.83. The molecule has 2 aliphatic rings. The van der Waals surface area contributed by atoms with Gasteiger partial charge in [-0.2, -0.15) is 5.10 Å². The molecule has 0 N–H and O–H groups in total. The first-order valence-electron chi connectivity index (χ1n) is 7.51. The summed E-state index contributed by atoms with van der Waals surface area (Å²) in [6.45, 7) is 2.43. The van der Waals surface area contributed by atoms with Gasteiger partial charge in [0.2, 0.25) is 5.88 Å². The molecule has 0 saturated carbocycles. The predicted octanol–water partition coefficient (Wildman–Crippen LogP) is 2.64. The molecule has 2 aliphatic heterocycles. The number of fused-ring (bicyclic) bond motifs is 2. The molecular weight excluding hydrogens is 250 g/mol. The van der Waals surface area contributed by atoms with Crippen LogP contribution in [0.2, 0.25) is 0 Å². The van der Waals surface area contributed by atoms with Crippen LogP contribution in [0.15, 0.2) is 30.5 Å². The highest BCUT2D eigenvalue weighted by molar-refractivity contribution is 5.85. The van der Waals surface area contributed by atoms with Gasteiger partial charge in [0.1, 0.15) is 6.10 Å². The van der Waals surface area contributed by atoms with Crippen LogP contribution in [0.5, 0.6) is 5.88 Å². The van der Waals surface area contributed by atoms with E-state index < -0.39 is 0 Å². The van der Waals surface area contributed by atoms with Crippen LogP contribution >= 0.6 is 0 Å². The SMILES string of the molecule is c1ccc2c(OC3CCN4CCCC4C3)nncc2c1. The van der Waals surface area contributed by atoms with Gasteiger partial charge in [0.05, 0.1) is 6.20 Å². The Bertz CT molecular complexity index is 610. The number of hydrogen-bond donors (Lipinski definition) is 0. The van der Waals surface area contributed by atoms with Crippen molar-refractivity contribution < 1.29 is 4.74 Å². The van der Waals surface area contributed by atoms with Gasteiger partial charge in [-0.1, -0.05) is 18.2 Å². The van der Waals surface area contributed by atoms with Crippen molar-refractivity contribution in [3.05, 3.63) is 30.5 Å². The van der Waals surface area contributed by atoms with Gasteiger partial charge in [-0.05, 0) is 38.3 Å². The average Bonchev–Trinajstić information content (AvgIpc) is 2.95. The molecule has 1 aromatic heterocycles. The van der Waals surface area contributed by atoms with E-state index in [1.807, 2.05) is 12.1 Å². The maximum Gasteiger partial charge on any atom is 0.241 e. The molecule has 4 heteroatoms. The average molecular weight is 269 g/mol. The van der Waals surface area contributed by atoms with E-state index in [1.165, 1.54) is 19.4 Å². The van der Waals surface area contributed by atoms with E-state index in [0.717, 1.165) is 36.2 Å². The summed E-state index contributed by atoms with van der Waals surface area (Å²) in [5.74, 6) is 0.694. The van der Waals surface area contributed by atoms with Crippen LogP contribution < -0.4 is 4.74 Å². The molecule has 2 atom stereocenters. The van der Waals surface area contributed by atoms with Crippen LogP contribution in [-0.2, 0) is 0 Å². The van der Waals surface area contributed by atoms with Gasteiger partial charge in [0, 0.05) is 23.4 Å². The molecule has 2 fully saturated rings. The zero-order chi connectivity index (χ0) is 13.4. The number of ether oxygens (including phenoxy) is 1. The molecule has 0 bridgehead atoms. The quantitative estimate of drug-likeness (QED) is 0.840. The fourth-order valence-corrected chi connectivity index (χ4v) is 3.54. The molecule has 20 heavy (non-hydrogen) atoms. The molecule has 0 radical (unpaired) electrons. The number of nitrogens with zero attached hydrogens (tertiary/aromatic N) is 3. The Kier molecular flexibility index (Phi) is 3.03. The van der Waals surface area contributed by atoms with Crippen LogP contribution in [-0.4, -0.2) is 40.3 Å². The first-order chi connectivity index (χ1) is 9.90. The van der Waals surface area contributed by atoms with Crippen molar-refractivity contribution in [2.75, 3.05) is 13.1 Å². The highest BCUT2D eigenvalue weighted by Crippen LogP contribution is 2.30. The molecule has 2 saturated heterocycles. The Morgan fingerprint density at radius 1 is 1.15 bits per heavy atom. The monoisotopic (exact) mass is 269 g/mol. The Hall–Kier alpha value is -1.68. The van der Waals surface area contributed by atoms with E-state index >= 15 is 0 Å². The van der Waals surface area contributed by atoms with Gasteiger partial charge in [-0.25, -0.2) is 0 Å². The molecule has 104 valence electrons. The maximum absolute atomic E-state index is 6.18. The van der Waals surface area contributed by atoms with Gasteiger partial charge < -0.3 is 9.64 Å². The largest absolute Gasteiger partial charge is 0.473 e. The minimum atomic E-state index is 0.287. The van der Waals surface area contributed by atoms with E-state index in [9.17, 15) is 0 Å². The van der Waals surface area contributed by atoms with Gasteiger partial charge in [0.15, 0.2) is 0 Å². The van der Waals surface area contributed by atoms with Crippen LogP contribution in [0.4, 0.5) is 0 Å². The lowest BCUT2D eigenvalue weighted by atomic mass is 10.00. The summed E-state index contributed by atoms with van der Waals surface area (Å²) >= 11 is 0. The standard InChI is InChI=1S/C16H19N3O/c1-2-6-15-12(4-1)11-17-18-16(15)20-14-7-9-19-8-3-5-13(19)10-14/h1-2,4,6,11,13-14H,3,5,7-10H2. The van der Waals surface area contributed by atoms with Crippen LogP contribution in [0.1, 0.15) is 25.7 Å². The van der Waals surface area contributed by atoms with Crippen LogP contribution in [0.25, 0.3) is 10.8 Å². The summed E-state index contributed by atoms with van der Waals surface area (Å²) in [5, 5.41) is 10.4. The molecule has 3 heterocycles. The molecule has 1 aromatic carbocycles. The zero-order valence-corrected chi connectivity index (χ0v) is 11.5. The zero-order valence-electron chi connectivity index (χ0n) is 11.5. The van der Waals surface area contributed by atoms with Crippen LogP contribution in [0.3, 0.4) is 0 Å². The highest BCUT2D eigenvalue weighted by Gasteiger charge is 2.32. The Labute approximate surface area is 118 Å². The van der Waals surface area contributed by atoms with Crippen molar-refractivity contribution in [3.8, 4) is 5.88 Å². The lowest BCUT2D eigenvalue weighted by Crippen LogP contribution is -2.42. The molecule has 2 unspecified atom stereocenters. The van der Waals surface area contributed by atoms with E-state index in [0.29, 0.717) is 5.88 Å². The molecule has 0 amide bonds. The number of aromatic nitrogens is 2. The topological polar surface area (TPSA) is 38.2 Å². The second kappa shape index (κ2) is 5.02. The molecule has 4 nitrogen and oxygen atoms in total. The van der Waals surface area contributed by atoms with Crippen molar-refractivity contribution in [3.63, 3.8) is 0 Å². The summed E-state index contributed by atoms with van der Waals surface area (Å²) < 4.78 is 6.18. The number of benzene rings is 1. The lowest BCUT2D eigenvalue weighted by Gasteiger charge is -2.34. The highest BCUT2D eigenvalue weighted by atomic mass is 16.5. The normalized spacial score (nSPS) is 26.6. The third-order valence-electron chi connectivity index (χ3n) is 4.59. The van der Waals surface area contributed by atoms with E-state index in [1.54, 1.807) is 6.20 Å². The molecule has 0 spiro atoms. The van der Waals surface area contributed by atoms with E-state index in [2.05, 4.69) is 27.2 Å². The summed E-state index contributed by atoms with van der Waals surface area (Å²) in [7, 11) is 0. The summed E-state index contributed by atoms with van der Waals surface area (Å²) in [6.07, 6.45) is 6.97. The Balaban J connectivity index is 1.56. The molecule has 0 aliphatic carbocycles. The van der Waals surface area contributed by atoms with E-state index in [4.69, 9.17) is 4.74 Å². The Morgan fingerprint density at radius 2 is 2.10 bits per heavy atom. The number of hydrogen-bond acceptors (Lipinski definition) is 4. The van der Waals surface area contributed by atoms with Crippen molar-refractivity contribution >= 4 is 10.8 Å². The first-order valence-corrected chi connectivity index (χ1v) is 7.51. The minimum absolute atomic E-state index is 0.287. The molecule has 4 rings (SSSR count). The van der Waals surface area contributed by atoms with Crippen molar-refractivity contribution in [2.24, 2.45) is 0 Å². The van der Waals surface area contributed by atoms with Crippen LogP contribution in [0, 0.1) is 0 Å². The van der Waals surface area contributed by atoms with Crippen molar-refractivity contribution in [1.82, 2.24) is 15.1 Å². The van der Waals surface area contributed by atoms with Crippen molar-refractivity contribution in [2.45, 2.75) is 37.8 Å². The first kappa shape index (κ1) is 12.1. The van der Waals surface area contributed by atoms with E-state index in [-0.39, 0.29) is 6.10 Å². The fourth-order valence-electron chi connectivity index (χ4n) is 3.54. The smallest absolute Gasteiger partial charge is 0.241 e. The lowest BCUT2D eigenvalue weighted by molar-refractivity contribution is 0.0760. The predicted molar refractivity (Wildman–Crippen MR) is 77.8 cm³/mol. The summed E-state index contributed by atoms with van der Waals surface area (Å²) in [4.78, 5) is 2.61. The third kappa shape index (κ3) is 2.14. The van der Waals surface area contributed by atoms with Gasteiger partial charge >= 0.3 is 0 Å². The molecule has 2 aromatic rings. The minimum Gasteiger partial charge on any atom is -0.473 e. The second-order valence-corrected chi connectivity index (χ2v) is 5.83.